The second kappa shape index (κ2) is 6.29. The Morgan fingerprint density at radius 3 is 2.58 bits per heavy atom. The van der Waals surface area contributed by atoms with E-state index in [1.165, 1.54) is 31.4 Å². The van der Waals surface area contributed by atoms with E-state index in [0.717, 1.165) is 22.2 Å². The summed E-state index contributed by atoms with van der Waals surface area (Å²) in [6, 6.07) is 10.9. The standard InChI is InChI=1S/C20H17FN2O3/c1-26-20(25)13-4-7-17-15(10-13)16-11-23(9-8-18(16)22-17)19(24)12-2-5-14(21)6-3-12/h2-7,10,22H,8-9,11H2,1H3. The molecular weight excluding hydrogens is 335 g/mol. The smallest absolute Gasteiger partial charge is 0.337 e. The van der Waals surface area contributed by atoms with Gasteiger partial charge in [-0.2, -0.15) is 0 Å². The second-order valence-corrected chi connectivity index (χ2v) is 6.32. The lowest BCUT2D eigenvalue weighted by atomic mass is 10.0. The topological polar surface area (TPSA) is 62.4 Å². The fraction of sp³-hybridized carbons (Fsp3) is 0.200. The van der Waals surface area contributed by atoms with Crippen LogP contribution in [0.15, 0.2) is 42.5 Å². The largest absolute Gasteiger partial charge is 0.465 e. The number of nitrogens with zero attached hydrogens (tertiary/aromatic N) is 1. The number of esters is 1. The number of benzene rings is 2. The fourth-order valence-electron chi connectivity index (χ4n) is 3.41. The van der Waals surface area contributed by atoms with Crippen LogP contribution in [0.3, 0.4) is 0 Å². The van der Waals surface area contributed by atoms with Gasteiger partial charge in [-0.3, -0.25) is 4.79 Å². The lowest BCUT2D eigenvalue weighted by molar-refractivity contribution is 0.0600. The number of aromatic amines is 1. The van der Waals surface area contributed by atoms with Crippen LogP contribution < -0.4 is 0 Å². The van der Waals surface area contributed by atoms with Gasteiger partial charge >= 0.3 is 5.97 Å². The van der Waals surface area contributed by atoms with Crippen LogP contribution in [0.5, 0.6) is 0 Å². The number of amides is 1. The Kier molecular flexibility index (Phi) is 3.95. The van der Waals surface area contributed by atoms with Gasteiger partial charge in [-0.1, -0.05) is 0 Å². The summed E-state index contributed by atoms with van der Waals surface area (Å²) in [4.78, 5) is 29.6. The van der Waals surface area contributed by atoms with E-state index in [1.807, 2.05) is 6.07 Å². The van der Waals surface area contributed by atoms with Crippen LogP contribution in [-0.4, -0.2) is 35.4 Å². The van der Waals surface area contributed by atoms with Gasteiger partial charge in [-0.05, 0) is 42.5 Å². The van der Waals surface area contributed by atoms with Gasteiger partial charge in [0.2, 0.25) is 0 Å². The summed E-state index contributed by atoms with van der Waals surface area (Å²) >= 11 is 0. The van der Waals surface area contributed by atoms with Gasteiger partial charge in [0.1, 0.15) is 5.82 Å². The molecule has 0 spiro atoms. The number of hydrogen-bond acceptors (Lipinski definition) is 3. The summed E-state index contributed by atoms with van der Waals surface area (Å²) in [5.74, 6) is -0.888. The van der Waals surface area contributed by atoms with Crippen molar-refractivity contribution in [1.82, 2.24) is 9.88 Å². The SMILES string of the molecule is COC(=O)c1ccc2[nH]c3c(c2c1)CN(C(=O)c1ccc(F)cc1)CC3. The average Bonchev–Trinajstić information content (AvgIpc) is 3.04. The maximum Gasteiger partial charge on any atom is 0.337 e. The first-order valence-electron chi connectivity index (χ1n) is 8.33. The minimum absolute atomic E-state index is 0.130. The summed E-state index contributed by atoms with van der Waals surface area (Å²) in [5.41, 5.74) is 3.95. The van der Waals surface area contributed by atoms with E-state index in [2.05, 4.69) is 4.98 Å². The Morgan fingerprint density at radius 2 is 1.85 bits per heavy atom. The Balaban J connectivity index is 1.67. The molecule has 1 amide bonds. The number of rotatable bonds is 2. The monoisotopic (exact) mass is 352 g/mol. The van der Waals surface area contributed by atoms with Crippen molar-refractivity contribution in [3.05, 3.63) is 70.7 Å². The maximum absolute atomic E-state index is 13.1. The Bertz CT molecular complexity index is 1010. The van der Waals surface area contributed by atoms with E-state index in [9.17, 15) is 14.0 Å². The van der Waals surface area contributed by atoms with Gasteiger partial charge in [0.15, 0.2) is 0 Å². The summed E-state index contributed by atoms with van der Waals surface area (Å²) in [6.07, 6.45) is 0.699. The minimum atomic E-state index is -0.392. The minimum Gasteiger partial charge on any atom is -0.465 e. The normalized spacial score (nSPS) is 13.5. The van der Waals surface area contributed by atoms with Crippen molar-refractivity contribution in [3.8, 4) is 0 Å². The highest BCUT2D eigenvalue weighted by Gasteiger charge is 2.25. The summed E-state index contributed by atoms with van der Waals surface area (Å²) in [7, 11) is 1.35. The van der Waals surface area contributed by atoms with Crippen LogP contribution >= 0.6 is 0 Å². The number of carbonyl (C=O) groups is 2. The highest BCUT2D eigenvalue weighted by molar-refractivity contribution is 5.97. The molecule has 132 valence electrons. The molecule has 5 nitrogen and oxygen atoms in total. The van der Waals surface area contributed by atoms with Crippen molar-refractivity contribution in [2.24, 2.45) is 0 Å². The van der Waals surface area contributed by atoms with Crippen molar-refractivity contribution in [3.63, 3.8) is 0 Å². The van der Waals surface area contributed by atoms with E-state index in [4.69, 9.17) is 4.74 Å². The molecular formula is C20H17FN2O3. The van der Waals surface area contributed by atoms with Gasteiger partial charge in [0, 0.05) is 47.2 Å². The van der Waals surface area contributed by atoms with Crippen molar-refractivity contribution >= 4 is 22.8 Å². The molecule has 26 heavy (non-hydrogen) atoms. The number of carbonyl (C=O) groups excluding carboxylic acids is 2. The molecule has 1 aromatic heterocycles. The summed E-state index contributed by atoms with van der Waals surface area (Å²) < 4.78 is 17.9. The number of ether oxygens (including phenoxy) is 1. The number of fused-ring (bicyclic) bond motifs is 3. The molecule has 0 fully saturated rings. The molecule has 1 N–H and O–H groups in total. The molecule has 2 heterocycles. The molecule has 0 radical (unpaired) electrons. The number of methoxy groups -OCH3 is 1. The highest BCUT2D eigenvalue weighted by atomic mass is 19.1. The zero-order valence-electron chi connectivity index (χ0n) is 14.2. The lowest BCUT2D eigenvalue weighted by Gasteiger charge is -2.27. The third kappa shape index (κ3) is 2.73. The summed E-state index contributed by atoms with van der Waals surface area (Å²) in [6.45, 7) is 1.02. The molecule has 0 saturated carbocycles. The molecule has 0 bridgehead atoms. The molecule has 0 aliphatic carbocycles. The van der Waals surface area contributed by atoms with Crippen LogP contribution in [0.4, 0.5) is 4.39 Å². The first-order valence-corrected chi connectivity index (χ1v) is 8.33. The number of halogens is 1. The maximum atomic E-state index is 13.1. The molecule has 0 atom stereocenters. The number of nitrogens with one attached hydrogen (secondary N) is 1. The first kappa shape index (κ1) is 16.3. The van der Waals surface area contributed by atoms with Gasteiger partial charge in [0.05, 0.1) is 12.7 Å². The number of hydrogen-bond donors (Lipinski definition) is 1. The van der Waals surface area contributed by atoms with Crippen molar-refractivity contribution in [2.75, 3.05) is 13.7 Å². The van der Waals surface area contributed by atoms with Gasteiger partial charge in [-0.15, -0.1) is 0 Å². The predicted octanol–water partition coefficient (Wildman–Crippen LogP) is 3.29. The molecule has 2 aromatic carbocycles. The van der Waals surface area contributed by atoms with E-state index in [-0.39, 0.29) is 11.7 Å². The molecule has 4 rings (SSSR count). The molecule has 3 aromatic rings. The van der Waals surface area contributed by atoms with Gasteiger partial charge in [0.25, 0.3) is 5.91 Å². The molecule has 1 aliphatic rings. The molecule has 6 heteroatoms. The third-order valence-corrected chi connectivity index (χ3v) is 4.77. The van der Waals surface area contributed by atoms with Crippen molar-refractivity contribution < 1.29 is 18.7 Å². The quantitative estimate of drug-likeness (QED) is 0.720. The molecule has 0 unspecified atom stereocenters. The van der Waals surface area contributed by atoms with Crippen LogP contribution in [0, 0.1) is 5.82 Å². The second-order valence-electron chi connectivity index (χ2n) is 6.32. The van der Waals surface area contributed by atoms with Crippen LogP contribution in [0.1, 0.15) is 32.0 Å². The average molecular weight is 352 g/mol. The summed E-state index contributed by atoms with van der Waals surface area (Å²) in [5, 5.41) is 0.916. The predicted molar refractivity (Wildman–Crippen MR) is 94.5 cm³/mol. The Morgan fingerprint density at radius 1 is 1.12 bits per heavy atom. The molecule has 0 saturated heterocycles. The van der Waals surface area contributed by atoms with Gasteiger partial charge < -0.3 is 14.6 Å². The van der Waals surface area contributed by atoms with Crippen LogP contribution in [0.2, 0.25) is 0 Å². The number of aromatic nitrogens is 1. The van der Waals surface area contributed by atoms with Gasteiger partial charge in [-0.25, -0.2) is 9.18 Å². The molecule has 1 aliphatic heterocycles. The Hall–Kier alpha value is -3.15. The lowest BCUT2D eigenvalue weighted by Crippen LogP contribution is -2.35. The van der Waals surface area contributed by atoms with Crippen molar-refractivity contribution in [1.29, 1.82) is 0 Å². The van der Waals surface area contributed by atoms with E-state index < -0.39 is 5.97 Å². The highest BCUT2D eigenvalue weighted by Crippen LogP contribution is 2.29. The van der Waals surface area contributed by atoms with Crippen LogP contribution in [0.25, 0.3) is 10.9 Å². The zero-order valence-corrected chi connectivity index (χ0v) is 14.2. The fourth-order valence-corrected chi connectivity index (χ4v) is 3.41. The van der Waals surface area contributed by atoms with Crippen LogP contribution in [-0.2, 0) is 17.7 Å². The Labute approximate surface area is 149 Å². The first-order chi connectivity index (χ1) is 12.6. The number of H-pyrrole nitrogens is 1. The third-order valence-electron chi connectivity index (χ3n) is 4.77. The van der Waals surface area contributed by atoms with E-state index in [0.29, 0.717) is 30.6 Å². The zero-order chi connectivity index (χ0) is 18.3. The van der Waals surface area contributed by atoms with E-state index in [1.54, 1.807) is 17.0 Å². The van der Waals surface area contributed by atoms with E-state index >= 15 is 0 Å². The van der Waals surface area contributed by atoms with Crippen molar-refractivity contribution in [2.45, 2.75) is 13.0 Å².